The number of nitriles is 1. The first-order valence-electron chi connectivity index (χ1n) is 12.5. The Morgan fingerprint density at radius 2 is 1.68 bits per heavy atom. The monoisotopic (exact) mass is 517 g/mol. The summed E-state index contributed by atoms with van der Waals surface area (Å²) < 4.78 is 27.2. The second-order valence-electron chi connectivity index (χ2n) is 10.2. The maximum absolute atomic E-state index is 13.6. The van der Waals surface area contributed by atoms with Crippen LogP contribution in [-0.2, 0) is 12.1 Å². The molecular weight excluding hydrogens is 488 g/mol. The molecule has 0 radical (unpaired) electrons. The smallest absolute Gasteiger partial charge is 0.321 e. The van der Waals surface area contributed by atoms with Gasteiger partial charge in [0, 0.05) is 56.3 Å². The van der Waals surface area contributed by atoms with E-state index in [9.17, 15) is 23.9 Å². The Kier molecular flexibility index (Phi) is 6.88. The average Bonchev–Trinajstić information content (AvgIpc) is 2.88. The van der Waals surface area contributed by atoms with Crippen molar-refractivity contribution >= 4 is 11.7 Å². The van der Waals surface area contributed by atoms with E-state index < -0.39 is 23.3 Å². The minimum atomic E-state index is -1.16. The summed E-state index contributed by atoms with van der Waals surface area (Å²) in [6.45, 7) is 2.06. The molecule has 2 aliphatic heterocycles. The number of likely N-dealkylation sites (tertiary alicyclic amines) is 2. The third-order valence-corrected chi connectivity index (χ3v) is 7.69. The first kappa shape index (κ1) is 25.8. The van der Waals surface area contributed by atoms with Gasteiger partial charge in [-0.25, -0.2) is 13.6 Å². The molecule has 0 aliphatic carbocycles. The first-order valence-corrected chi connectivity index (χ1v) is 12.5. The summed E-state index contributed by atoms with van der Waals surface area (Å²) >= 11 is 0. The average molecular weight is 518 g/mol. The fourth-order valence-corrected chi connectivity index (χ4v) is 5.88. The lowest BCUT2D eigenvalue weighted by Gasteiger charge is -2.55. The van der Waals surface area contributed by atoms with Crippen molar-refractivity contribution in [2.24, 2.45) is 17.6 Å². The van der Waals surface area contributed by atoms with Crippen molar-refractivity contribution in [1.29, 1.82) is 5.26 Å². The van der Waals surface area contributed by atoms with E-state index >= 15 is 0 Å². The summed E-state index contributed by atoms with van der Waals surface area (Å²) in [7, 11) is 1.99. The van der Waals surface area contributed by atoms with Crippen LogP contribution in [0, 0.1) is 34.8 Å². The molecule has 0 spiro atoms. The van der Waals surface area contributed by atoms with Crippen molar-refractivity contribution < 1.29 is 18.7 Å². The number of carbonyl (C=O) groups is 1. The van der Waals surface area contributed by atoms with Gasteiger partial charge >= 0.3 is 6.03 Å². The van der Waals surface area contributed by atoms with Crippen molar-refractivity contribution in [3.63, 3.8) is 0 Å². The molecule has 5 rings (SSSR count). The molecule has 0 saturated carbocycles. The SMILES string of the molecule is CN1C[C@@H]2CN(C(=O)Nc3cc(F)cc(F)c3)C[C@H](C1)C2(O)c1ccc(-c2ccc(CN)cc2C#N)cc1. The first-order chi connectivity index (χ1) is 18.2. The van der Waals surface area contributed by atoms with Crippen LogP contribution >= 0.6 is 0 Å². The predicted molar refractivity (Wildman–Crippen MR) is 140 cm³/mol. The number of carbonyl (C=O) groups excluding carboxylic acids is 1. The van der Waals surface area contributed by atoms with E-state index in [1.165, 1.54) is 0 Å². The summed E-state index contributed by atoms with van der Waals surface area (Å²) in [5.41, 5.74) is 8.43. The van der Waals surface area contributed by atoms with Crippen LogP contribution in [0.4, 0.5) is 19.3 Å². The van der Waals surface area contributed by atoms with Crippen LogP contribution in [-0.4, -0.2) is 54.2 Å². The number of aliphatic hydroxyl groups is 1. The van der Waals surface area contributed by atoms with E-state index in [1.54, 1.807) is 11.0 Å². The predicted octanol–water partition coefficient (Wildman–Crippen LogP) is 3.88. The van der Waals surface area contributed by atoms with Gasteiger partial charge in [-0.1, -0.05) is 36.4 Å². The van der Waals surface area contributed by atoms with Crippen molar-refractivity contribution in [2.75, 3.05) is 38.5 Å². The molecule has 2 amide bonds. The van der Waals surface area contributed by atoms with E-state index in [2.05, 4.69) is 16.3 Å². The molecule has 196 valence electrons. The highest BCUT2D eigenvalue weighted by Gasteiger charge is 2.53. The molecule has 0 aromatic heterocycles. The van der Waals surface area contributed by atoms with Gasteiger partial charge in [0.15, 0.2) is 0 Å². The number of fused-ring (bicyclic) bond motifs is 2. The highest BCUT2D eigenvalue weighted by atomic mass is 19.1. The summed E-state index contributed by atoms with van der Waals surface area (Å²) in [4.78, 5) is 16.7. The Labute approximate surface area is 220 Å². The fraction of sp³-hybridized carbons (Fsp3) is 0.310. The third-order valence-electron chi connectivity index (χ3n) is 7.69. The number of benzene rings is 3. The molecule has 2 aliphatic rings. The maximum atomic E-state index is 13.6. The second-order valence-corrected chi connectivity index (χ2v) is 10.2. The molecule has 3 atom stereocenters. The topological polar surface area (TPSA) is 106 Å². The number of nitrogens with one attached hydrogen (secondary N) is 1. The second kappa shape index (κ2) is 10.1. The van der Waals surface area contributed by atoms with Crippen molar-refractivity contribution in [2.45, 2.75) is 12.1 Å². The van der Waals surface area contributed by atoms with Crippen LogP contribution < -0.4 is 11.1 Å². The van der Waals surface area contributed by atoms with Crippen LogP contribution in [0.5, 0.6) is 0 Å². The largest absolute Gasteiger partial charge is 0.384 e. The number of hydrogen-bond donors (Lipinski definition) is 3. The fourth-order valence-electron chi connectivity index (χ4n) is 5.88. The molecule has 3 aromatic carbocycles. The molecule has 2 bridgehead atoms. The number of nitrogens with zero attached hydrogens (tertiary/aromatic N) is 3. The quantitative estimate of drug-likeness (QED) is 0.487. The highest BCUT2D eigenvalue weighted by Crippen LogP contribution is 2.45. The number of anilines is 1. The van der Waals surface area contributed by atoms with Crippen LogP contribution in [0.3, 0.4) is 0 Å². The molecule has 3 aromatic rings. The summed E-state index contributed by atoms with van der Waals surface area (Å²) in [6.07, 6.45) is 0. The number of amides is 2. The number of urea groups is 1. The van der Waals surface area contributed by atoms with Crippen LogP contribution in [0.2, 0.25) is 0 Å². The number of piperidine rings is 2. The summed E-state index contributed by atoms with van der Waals surface area (Å²) in [5.74, 6) is -2.10. The molecule has 2 fully saturated rings. The van der Waals surface area contributed by atoms with E-state index in [4.69, 9.17) is 5.73 Å². The zero-order valence-electron chi connectivity index (χ0n) is 21.0. The molecule has 9 heteroatoms. The minimum Gasteiger partial charge on any atom is -0.384 e. The standard InChI is InChI=1S/C29H29F2N5O2/c1-35-14-22-16-36(28(37)34-26-10-24(30)9-25(31)11-26)17-23(15-35)29(22,38)21-5-3-19(4-6-21)27-7-2-18(12-32)8-20(27)13-33/h2-11,22-23,38H,12,14-17,32H2,1H3,(H,34,37)/t22-,23+,29?. The Morgan fingerprint density at radius 3 is 2.26 bits per heavy atom. The zero-order valence-corrected chi connectivity index (χ0v) is 21.0. The van der Waals surface area contributed by atoms with Gasteiger partial charge in [-0.05, 0) is 47.5 Å². The number of hydrogen-bond acceptors (Lipinski definition) is 5. The van der Waals surface area contributed by atoms with Gasteiger partial charge < -0.3 is 26.0 Å². The number of halogens is 2. The lowest BCUT2D eigenvalue weighted by atomic mass is 9.66. The number of rotatable bonds is 4. The van der Waals surface area contributed by atoms with E-state index in [0.717, 1.165) is 40.5 Å². The van der Waals surface area contributed by atoms with Gasteiger partial charge in [0.25, 0.3) is 0 Å². The van der Waals surface area contributed by atoms with Crippen molar-refractivity contribution in [3.8, 4) is 17.2 Å². The summed E-state index contributed by atoms with van der Waals surface area (Å²) in [5, 5.41) is 24.3. The van der Waals surface area contributed by atoms with E-state index in [-0.39, 0.29) is 30.6 Å². The van der Waals surface area contributed by atoms with Gasteiger partial charge in [-0.3, -0.25) is 0 Å². The van der Waals surface area contributed by atoms with Gasteiger partial charge in [0.2, 0.25) is 0 Å². The third kappa shape index (κ3) is 4.74. The lowest BCUT2D eigenvalue weighted by molar-refractivity contribution is -0.153. The lowest BCUT2D eigenvalue weighted by Crippen LogP contribution is -2.65. The Hall–Kier alpha value is -3.84. The molecule has 1 unspecified atom stereocenters. The molecule has 4 N–H and O–H groups in total. The number of nitrogens with two attached hydrogens (primary N) is 1. The summed E-state index contributed by atoms with van der Waals surface area (Å²) in [6, 6.07) is 17.8. The van der Waals surface area contributed by atoms with Gasteiger partial charge in [-0.15, -0.1) is 0 Å². The van der Waals surface area contributed by atoms with Crippen LogP contribution in [0.1, 0.15) is 16.7 Å². The Morgan fingerprint density at radius 1 is 1.05 bits per heavy atom. The molecule has 2 saturated heterocycles. The minimum absolute atomic E-state index is 0.0439. The highest BCUT2D eigenvalue weighted by molar-refractivity contribution is 5.89. The van der Waals surface area contributed by atoms with E-state index in [1.807, 2.05) is 43.4 Å². The maximum Gasteiger partial charge on any atom is 0.321 e. The van der Waals surface area contributed by atoms with Crippen LogP contribution in [0.15, 0.2) is 60.7 Å². The van der Waals surface area contributed by atoms with Gasteiger partial charge in [0.1, 0.15) is 17.2 Å². The van der Waals surface area contributed by atoms with Crippen molar-refractivity contribution in [3.05, 3.63) is 89.0 Å². The molecule has 2 heterocycles. The van der Waals surface area contributed by atoms with Crippen molar-refractivity contribution in [1.82, 2.24) is 9.80 Å². The normalized spacial score (nSPS) is 23.1. The van der Waals surface area contributed by atoms with Gasteiger partial charge in [0.05, 0.1) is 11.6 Å². The molecule has 38 heavy (non-hydrogen) atoms. The van der Waals surface area contributed by atoms with Crippen LogP contribution in [0.25, 0.3) is 11.1 Å². The zero-order chi connectivity index (χ0) is 27.0. The van der Waals surface area contributed by atoms with Gasteiger partial charge in [-0.2, -0.15) is 5.26 Å². The molecular formula is C29H29F2N5O2. The molecule has 7 nitrogen and oxygen atoms in total. The van der Waals surface area contributed by atoms with E-state index in [0.29, 0.717) is 25.2 Å². The Bertz CT molecular complexity index is 1370. The Balaban J connectivity index is 1.39.